The van der Waals surface area contributed by atoms with Gasteiger partial charge in [-0.05, 0) is 13.8 Å². The molecule has 3 N–H and O–H groups in total. The van der Waals surface area contributed by atoms with E-state index in [-0.39, 0.29) is 0 Å². The fourth-order valence-electron chi connectivity index (χ4n) is 2.12. The molecule has 113 valence electrons. The summed E-state index contributed by atoms with van der Waals surface area (Å²) in [7, 11) is 0. The molecular formula is C12H17O8. The molecule has 1 rings (SSSR count). The third-order valence-electron chi connectivity index (χ3n) is 3.13. The van der Waals surface area contributed by atoms with E-state index in [1.165, 1.54) is 0 Å². The molecule has 0 aromatic carbocycles. The highest BCUT2D eigenvalue weighted by Crippen LogP contribution is 2.31. The van der Waals surface area contributed by atoms with E-state index in [0.29, 0.717) is 0 Å². The van der Waals surface area contributed by atoms with Crippen molar-refractivity contribution in [2.75, 3.05) is 0 Å². The minimum atomic E-state index is -2.37. The summed E-state index contributed by atoms with van der Waals surface area (Å²) >= 11 is 0. The lowest BCUT2D eigenvalue weighted by atomic mass is 9.81. The Morgan fingerprint density at radius 2 is 1.55 bits per heavy atom. The number of ether oxygens (including phenoxy) is 2. The first kappa shape index (κ1) is 16.7. The summed E-state index contributed by atoms with van der Waals surface area (Å²) in [6, 6.07) is 0. The fourth-order valence-corrected chi connectivity index (χ4v) is 2.12. The second kappa shape index (κ2) is 5.96. The Balaban J connectivity index is 3.26. The van der Waals surface area contributed by atoms with Crippen LogP contribution in [0, 0.1) is 6.61 Å². The molecular weight excluding hydrogens is 272 g/mol. The zero-order chi connectivity index (χ0) is 15.7. The molecule has 1 fully saturated rings. The number of rotatable bonds is 4. The van der Waals surface area contributed by atoms with Crippen LogP contribution in [0.3, 0.4) is 0 Å². The Labute approximate surface area is 115 Å². The Morgan fingerprint density at radius 3 is 1.95 bits per heavy atom. The first-order chi connectivity index (χ1) is 9.14. The normalized spacial score (nSPS) is 30.7. The van der Waals surface area contributed by atoms with Crippen LogP contribution in [0.4, 0.5) is 0 Å². The highest BCUT2D eigenvalue weighted by Gasteiger charge is 2.58. The number of aliphatic hydroxyl groups is 3. The molecule has 4 atom stereocenters. The summed E-state index contributed by atoms with van der Waals surface area (Å²) in [5, 5.41) is 28.8. The summed E-state index contributed by atoms with van der Waals surface area (Å²) in [4.78, 5) is 34.8. The predicted molar refractivity (Wildman–Crippen MR) is 63.1 cm³/mol. The van der Waals surface area contributed by atoms with E-state index in [0.717, 1.165) is 27.4 Å². The number of hydrogen-bond donors (Lipinski definition) is 3. The predicted octanol–water partition coefficient (Wildman–Crippen LogP) is -1.89. The van der Waals surface area contributed by atoms with E-state index in [1.54, 1.807) is 0 Å². The van der Waals surface area contributed by atoms with Crippen molar-refractivity contribution in [3.05, 3.63) is 6.61 Å². The van der Waals surface area contributed by atoms with Crippen LogP contribution in [-0.4, -0.2) is 62.9 Å². The largest absolute Gasteiger partial charge is 0.440 e. The topological polar surface area (TPSA) is 130 Å². The van der Waals surface area contributed by atoms with Gasteiger partial charge in [-0.25, -0.2) is 0 Å². The fraction of sp³-hybridized carbons (Fsp3) is 0.667. The first-order valence-electron chi connectivity index (χ1n) is 5.89. The van der Waals surface area contributed by atoms with E-state index >= 15 is 0 Å². The SMILES string of the molecule is CC(=O)OC(C(C)=O)(C(C)=O)[C@H]1O[CH][C@H](O)[C@@H](O)[C@@H]1O. The van der Waals surface area contributed by atoms with Gasteiger partial charge in [0.25, 0.3) is 5.60 Å². The molecule has 1 radical (unpaired) electrons. The monoisotopic (exact) mass is 289 g/mol. The number of aliphatic hydroxyl groups excluding tert-OH is 3. The Bertz CT molecular complexity index is 404. The van der Waals surface area contributed by atoms with Gasteiger partial charge in [0.2, 0.25) is 0 Å². The number of ketones is 2. The molecule has 0 amide bonds. The van der Waals surface area contributed by atoms with E-state index < -0.39 is 47.6 Å². The zero-order valence-electron chi connectivity index (χ0n) is 11.3. The van der Waals surface area contributed by atoms with Gasteiger partial charge in [0.05, 0.1) is 0 Å². The van der Waals surface area contributed by atoms with Crippen LogP contribution in [0.15, 0.2) is 0 Å². The molecule has 0 aromatic heterocycles. The van der Waals surface area contributed by atoms with Crippen LogP contribution in [-0.2, 0) is 23.9 Å². The molecule has 0 spiro atoms. The minimum Gasteiger partial charge on any atom is -0.440 e. The maximum atomic E-state index is 11.8. The maximum absolute atomic E-state index is 11.8. The second-order valence-electron chi connectivity index (χ2n) is 4.61. The first-order valence-corrected chi connectivity index (χ1v) is 5.89. The van der Waals surface area contributed by atoms with Gasteiger partial charge in [-0.1, -0.05) is 0 Å². The summed E-state index contributed by atoms with van der Waals surface area (Å²) in [6.45, 7) is 3.76. The smallest absolute Gasteiger partial charge is 0.304 e. The molecule has 0 bridgehead atoms. The molecule has 8 nitrogen and oxygen atoms in total. The van der Waals surface area contributed by atoms with Gasteiger partial charge in [0.1, 0.15) is 31.0 Å². The average molecular weight is 289 g/mol. The number of carbonyl (C=O) groups is 3. The van der Waals surface area contributed by atoms with Gasteiger partial charge < -0.3 is 24.8 Å². The minimum absolute atomic E-state index is 0.770. The molecule has 0 saturated carbocycles. The van der Waals surface area contributed by atoms with Crippen LogP contribution in [0.2, 0.25) is 0 Å². The quantitative estimate of drug-likeness (QED) is 0.404. The van der Waals surface area contributed by atoms with Crippen molar-refractivity contribution in [1.82, 2.24) is 0 Å². The van der Waals surface area contributed by atoms with Gasteiger partial charge >= 0.3 is 5.97 Å². The third kappa shape index (κ3) is 2.73. The van der Waals surface area contributed by atoms with E-state index in [9.17, 15) is 29.7 Å². The summed E-state index contributed by atoms with van der Waals surface area (Å²) < 4.78 is 9.78. The van der Waals surface area contributed by atoms with E-state index in [1.807, 2.05) is 0 Å². The number of esters is 1. The molecule has 0 aromatic rings. The molecule has 20 heavy (non-hydrogen) atoms. The van der Waals surface area contributed by atoms with Crippen molar-refractivity contribution in [3.8, 4) is 0 Å². The molecule has 0 aliphatic carbocycles. The van der Waals surface area contributed by atoms with Crippen molar-refractivity contribution < 1.29 is 39.2 Å². The summed E-state index contributed by atoms with van der Waals surface area (Å²) in [5.74, 6) is -2.64. The van der Waals surface area contributed by atoms with Crippen molar-refractivity contribution in [1.29, 1.82) is 0 Å². The standard InChI is InChI=1S/C12H17O8/c1-5(13)12(6(2)14,20-7(3)15)11-10(18)9(17)8(16)4-19-11/h4,8-11,16-18H,1-3H3/t8-,9+,10-,11-/m0/s1. The highest BCUT2D eigenvalue weighted by molar-refractivity contribution is 6.10. The average Bonchev–Trinajstić information content (AvgIpc) is 2.32. The molecule has 8 heteroatoms. The van der Waals surface area contributed by atoms with Crippen molar-refractivity contribution in [3.63, 3.8) is 0 Å². The molecule has 1 aliphatic rings. The van der Waals surface area contributed by atoms with Crippen LogP contribution in [0.5, 0.6) is 0 Å². The van der Waals surface area contributed by atoms with Crippen molar-refractivity contribution >= 4 is 17.5 Å². The van der Waals surface area contributed by atoms with Gasteiger partial charge in [-0.15, -0.1) is 0 Å². The van der Waals surface area contributed by atoms with Gasteiger partial charge in [0, 0.05) is 6.92 Å². The lowest BCUT2D eigenvalue weighted by Gasteiger charge is -2.42. The number of carbonyl (C=O) groups excluding carboxylic acids is 3. The molecule has 1 aliphatic heterocycles. The van der Waals surface area contributed by atoms with Crippen LogP contribution in [0.1, 0.15) is 20.8 Å². The van der Waals surface area contributed by atoms with Crippen molar-refractivity contribution in [2.24, 2.45) is 0 Å². The molecule has 1 saturated heterocycles. The molecule has 0 unspecified atom stereocenters. The Morgan fingerprint density at radius 1 is 1.05 bits per heavy atom. The summed E-state index contributed by atoms with van der Waals surface area (Å²) in [5.41, 5.74) is -2.37. The van der Waals surface area contributed by atoms with Gasteiger partial charge in [0.15, 0.2) is 11.6 Å². The summed E-state index contributed by atoms with van der Waals surface area (Å²) in [6.07, 6.45) is -6.60. The Hall–Kier alpha value is -1.35. The Kier molecular flexibility index (Phi) is 4.98. The van der Waals surface area contributed by atoms with Gasteiger partial charge in [-0.2, -0.15) is 0 Å². The van der Waals surface area contributed by atoms with Crippen LogP contribution in [0.25, 0.3) is 0 Å². The van der Waals surface area contributed by atoms with Crippen LogP contribution >= 0.6 is 0 Å². The van der Waals surface area contributed by atoms with Crippen LogP contribution < -0.4 is 0 Å². The number of hydrogen-bond acceptors (Lipinski definition) is 8. The van der Waals surface area contributed by atoms with E-state index in [2.05, 4.69) is 0 Å². The molecule has 1 heterocycles. The lowest BCUT2D eigenvalue weighted by Crippen LogP contribution is -2.66. The maximum Gasteiger partial charge on any atom is 0.304 e. The van der Waals surface area contributed by atoms with E-state index in [4.69, 9.17) is 9.47 Å². The van der Waals surface area contributed by atoms with Gasteiger partial charge in [-0.3, -0.25) is 14.4 Å². The second-order valence-corrected chi connectivity index (χ2v) is 4.61. The number of Topliss-reactive ketones (excluding diaryl/α,β-unsaturated/α-hetero) is 2. The zero-order valence-corrected chi connectivity index (χ0v) is 11.3. The lowest BCUT2D eigenvalue weighted by molar-refractivity contribution is -0.221. The third-order valence-corrected chi connectivity index (χ3v) is 3.13. The van der Waals surface area contributed by atoms with Crippen molar-refractivity contribution in [2.45, 2.75) is 50.8 Å². The highest BCUT2D eigenvalue weighted by atomic mass is 16.6.